The third-order valence-electron chi connectivity index (χ3n) is 5.11. The van der Waals surface area contributed by atoms with Gasteiger partial charge in [-0.05, 0) is 57.5 Å². The lowest BCUT2D eigenvalue weighted by molar-refractivity contribution is 0.800. The molecule has 0 bridgehead atoms. The van der Waals surface area contributed by atoms with Crippen molar-refractivity contribution in [2.45, 2.75) is 26.2 Å². The lowest BCUT2D eigenvalue weighted by Gasteiger charge is -2.17. The Kier molecular flexibility index (Phi) is 4.84. The summed E-state index contributed by atoms with van der Waals surface area (Å²) >= 11 is 0. The minimum Gasteiger partial charge on any atom is -0.0654 e. The van der Waals surface area contributed by atoms with Gasteiger partial charge in [-0.3, -0.25) is 0 Å². The van der Waals surface area contributed by atoms with Crippen LogP contribution in [0.25, 0.3) is 33.0 Å². The molecule has 0 aliphatic rings. The maximum atomic E-state index is 2.40. The molecule has 4 aromatic rings. The Morgan fingerprint density at radius 2 is 1.12 bits per heavy atom. The van der Waals surface area contributed by atoms with Gasteiger partial charge in [-0.25, -0.2) is 0 Å². The zero-order valence-electron chi connectivity index (χ0n) is 15.3. The topological polar surface area (TPSA) is 0 Å². The van der Waals surface area contributed by atoms with Gasteiger partial charge in [-0.15, -0.1) is 0 Å². The molecule has 4 aromatic carbocycles. The van der Waals surface area contributed by atoms with Gasteiger partial charge in [-0.2, -0.15) is 0 Å². The molecule has 0 amide bonds. The molecular weight excluding hydrogens is 312 g/mol. The average molecular weight is 336 g/mol. The number of unbranched alkanes of at least 4 members (excludes halogenated alkanes) is 1. The molecule has 0 aromatic heterocycles. The molecule has 0 unspecified atom stereocenters. The smallest absolute Gasteiger partial charge is 0.00990 e. The Morgan fingerprint density at radius 1 is 0.577 bits per heavy atom. The van der Waals surface area contributed by atoms with Crippen molar-refractivity contribution in [2.75, 3.05) is 0 Å². The predicted molar refractivity (Wildman–Crippen MR) is 113 cm³/mol. The van der Waals surface area contributed by atoms with Gasteiger partial charge in [-0.1, -0.05) is 98.3 Å². The second kappa shape index (κ2) is 7.58. The van der Waals surface area contributed by atoms with E-state index in [1.807, 2.05) is 0 Å². The molecule has 0 saturated heterocycles. The van der Waals surface area contributed by atoms with Crippen LogP contribution in [-0.2, 0) is 6.42 Å². The van der Waals surface area contributed by atoms with Crippen LogP contribution in [0.2, 0.25) is 0 Å². The highest BCUT2D eigenvalue weighted by Gasteiger charge is 2.14. The van der Waals surface area contributed by atoms with Crippen molar-refractivity contribution in [1.82, 2.24) is 0 Å². The van der Waals surface area contributed by atoms with E-state index >= 15 is 0 Å². The molecule has 128 valence electrons. The first-order chi connectivity index (χ1) is 12.9. The van der Waals surface area contributed by atoms with Crippen LogP contribution in [0.15, 0.2) is 91.0 Å². The van der Waals surface area contributed by atoms with Gasteiger partial charge in [0.15, 0.2) is 0 Å². The van der Waals surface area contributed by atoms with E-state index in [2.05, 4.69) is 97.9 Å². The molecule has 26 heavy (non-hydrogen) atoms. The monoisotopic (exact) mass is 336 g/mol. The molecule has 0 aliphatic carbocycles. The Balaban J connectivity index is 2.04. The first-order valence-corrected chi connectivity index (χ1v) is 9.54. The van der Waals surface area contributed by atoms with Crippen molar-refractivity contribution >= 4 is 10.8 Å². The standard InChI is InChI=1S/C26H24/c1-2-3-16-23-22-17-10-11-18-24(22)26(21-14-8-5-9-15-21)19-25(23)20-12-6-4-7-13-20/h4-15,17-19H,2-3,16H2,1H3. The van der Waals surface area contributed by atoms with Crippen LogP contribution in [0.5, 0.6) is 0 Å². The molecule has 0 fully saturated rings. The molecule has 0 heterocycles. The number of fused-ring (bicyclic) bond motifs is 1. The minimum atomic E-state index is 1.12. The molecule has 0 aliphatic heterocycles. The van der Waals surface area contributed by atoms with E-state index in [-0.39, 0.29) is 0 Å². The highest BCUT2D eigenvalue weighted by Crippen LogP contribution is 2.38. The fraction of sp³-hybridized carbons (Fsp3) is 0.154. The maximum Gasteiger partial charge on any atom is -0.00990 e. The number of aryl methyl sites for hydroxylation is 1. The molecule has 0 saturated carbocycles. The van der Waals surface area contributed by atoms with Crippen LogP contribution in [0, 0.1) is 0 Å². The third kappa shape index (κ3) is 3.15. The highest BCUT2D eigenvalue weighted by atomic mass is 14.2. The van der Waals surface area contributed by atoms with Gasteiger partial charge >= 0.3 is 0 Å². The molecule has 0 N–H and O–H groups in total. The van der Waals surface area contributed by atoms with Crippen molar-refractivity contribution in [3.8, 4) is 22.3 Å². The van der Waals surface area contributed by atoms with Gasteiger partial charge < -0.3 is 0 Å². The van der Waals surface area contributed by atoms with Crippen LogP contribution in [-0.4, -0.2) is 0 Å². The lowest BCUT2D eigenvalue weighted by atomic mass is 9.86. The average Bonchev–Trinajstić information content (AvgIpc) is 2.73. The molecule has 0 spiro atoms. The summed E-state index contributed by atoms with van der Waals surface area (Å²) in [6.07, 6.45) is 3.55. The van der Waals surface area contributed by atoms with Crippen molar-refractivity contribution in [2.24, 2.45) is 0 Å². The van der Waals surface area contributed by atoms with Crippen LogP contribution in [0.1, 0.15) is 25.3 Å². The van der Waals surface area contributed by atoms with Crippen molar-refractivity contribution in [1.29, 1.82) is 0 Å². The molecular formula is C26H24. The number of rotatable bonds is 5. The molecule has 0 nitrogen and oxygen atoms in total. The summed E-state index contributed by atoms with van der Waals surface area (Å²) in [7, 11) is 0. The normalized spacial score (nSPS) is 11.0. The summed E-state index contributed by atoms with van der Waals surface area (Å²) in [5.41, 5.74) is 6.76. The fourth-order valence-electron chi connectivity index (χ4n) is 3.79. The van der Waals surface area contributed by atoms with E-state index in [4.69, 9.17) is 0 Å². The first kappa shape index (κ1) is 16.6. The van der Waals surface area contributed by atoms with E-state index in [0.29, 0.717) is 0 Å². The van der Waals surface area contributed by atoms with Crippen molar-refractivity contribution in [3.63, 3.8) is 0 Å². The van der Waals surface area contributed by atoms with Crippen LogP contribution in [0.4, 0.5) is 0 Å². The second-order valence-electron chi connectivity index (χ2n) is 6.83. The van der Waals surface area contributed by atoms with E-state index in [9.17, 15) is 0 Å². The van der Waals surface area contributed by atoms with Gasteiger partial charge in [0.25, 0.3) is 0 Å². The zero-order chi connectivity index (χ0) is 17.8. The maximum absolute atomic E-state index is 2.40. The van der Waals surface area contributed by atoms with E-state index < -0.39 is 0 Å². The Morgan fingerprint density at radius 3 is 1.73 bits per heavy atom. The van der Waals surface area contributed by atoms with Crippen LogP contribution < -0.4 is 0 Å². The fourth-order valence-corrected chi connectivity index (χ4v) is 3.79. The lowest BCUT2D eigenvalue weighted by Crippen LogP contribution is -1.95. The minimum absolute atomic E-state index is 1.12. The molecule has 4 rings (SSSR count). The largest absolute Gasteiger partial charge is 0.0654 e. The second-order valence-corrected chi connectivity index (χ2v) is 6.83. The Labute approximate surface area is 156 Å². The molecule has 0 radical (unpaired) electrons. The summed E-state index contributed by atoms with van der Waals surface area (Å²) in [4.78, 5) is 0. The summed E-state index contributed by atoms with van der Waals surface area (Å²) in [5.74, 6) is 0. The van der Waals surface area contributed by atoms with Crippen molar-refractivity contribution in [3.05, 3.63) is 96.6 Å². The number of hydrogen-bond acceptors (Lipinski definition) is 0. The third-order valence-corrected chi connectivity index (χ3v) is 5.11. The van der Waals surface area contributed by atoms with E-state index in [1.54, 1.807) is 0 Å². The SMILES string of the molecule is CCCCc1c(-c2ccccc2)cc(-c2ccccc2)c2ccccc12. The summed E-state index contributed by atoms with van der Waals surface area (Å²) in [6.45, 7) is 2.27. The van der Waals surface area contributed by atoms with Crippen LogP contribution >= 0.6 is 0 Å². The van der Waals surface area contributed by atoms with Gasteiger partial charge in [0.1, 0.15) is 0 Å². The summed E-state index contributed by atoms with van der Waals surface area (Å²) in [6, 6.07) is 32.9. The molecule has 0 atom stereocenters. The predicted octanol–water partition coefficient (Wildman–Crippen LogP) is 7.52. The summed E-state index contributed by atoms with van der Waals surface area (Å²) < 4.78 is 0. The van der Waals surface area contributed by atoms with Gasteiger partial charge in [0.05, 0.1) is 0 Å². The van der Waals surface area contributed by atoms with Crippen molar-refractivity contribution < 1.29 is 0 Å². The zero-order valence-corrected chi connectivity index (χ0v) is 15.3. The first-order valence-electron chi connectivity index (χ1n) is 9.54. The summed E-state index contributed by atoms with van der Waals surface area (Å²) in [5, 5.41) is 2.74. The van der Waals surface area contributed by atoms with Crippen LogP contribution in [0.3, 0.4) is 0 Å². The van der Waals surface area contributed by atoms with Gasteiger partial charge in [0.2, 0.25) is 0 Å². The van der Waals surface area contributed by atoms with Gasteiger partial charge in [0, 0.05) is 0 Å². The Bertz CT molecular complexity index is 998. The highest BCUT2D eigenvalue weighted by molar-refractivity contribution is 6.02. The number of benzene rings is 4. The van der Waals surface area contributed by atoms with E-state index in [1.165, 1.54) is 51.4 Å². The number of hydrogen-bond donors (Lipinski definition) is 0. The molecule has 0 heteroatoms. The Hall–Kier alpha value is -2.86. The quantitative estimate of drug-likeness (QED) is 0.353. The van der Waals surface area contributed by atoms with E-state index in [0.717, 1.165) is 6.42 Å².